The van der Waals surface area contributed by atoms with Crippen molar-refractivity contribution in [2.45, 2.75) is 58.3 Å². The van der Waals surface area contributed by atoms with Gasteiger partial charge in [0.1, 0.15) is 5.75 Å². The van der Waals surface area contributed by atoms with Crippen molar-refractivity contribution >= 4 is 10.4 Å². The van der Waals surface area contributed by atoms with E-state index in [0.717, 1.165) is 24.8 Å². The zero-order chi connectivity index (χ0) is 15.6. The first-order valence-electron chi connectivity index (χ1n) is 7.44. The summed E-state index contributed by atoms with van der Waals surface area (Å²) in [5.74, 6) is 0.206. The molecule has 0 radical (unpaired) electrons. The third-order valence-corrected chi connectivity index (χ3v) is 3.87. The summed E-state index contributed by atoms with van der Waals surface area (Å²) >= 11 is 0. The number of hydrogen-bond donors (Lipinski definition) is 1. The molecule has 0 saturated heterocycles. The molecule has 0 heterocycles. The van der Waals surface area contributed by atoms with E-state index in [1.165, 1.54) is 32.1 Å². The molecule has 0 atom stereocenters. The molecule has 0 aliphatic heterocycles. The molecule has 120 valence electrons. The Kier molecular flexibility index (Phi) is 8.34. The van der Waals surface area contributed by atoms with Gasteiger partial charge in [-0.25, -0.2) is 5.26 Å². The number of unbranched alkanes of at least 4 members (excludes halogenated alkanes) is 6. The summed E-state index contributed by atoms with van der Waals surface area (Å²) in [4.78, 5) is 0. The smallest absolute Gasteiger partial charge is 0.360 e. The summed E-state index contributed by atoms with van der Waals surface area (Å²) in [6.45, 7) is 2.20. The van der Waals surface area contributed by atoms with Crippen molar-refractivity contribution in [2.75, 3.05) is 0 Å². The van der Waals surface area contributed by atoms with E-state index in [9.17, 15) is 8.42 Å². The second-order valence-corrected chi connectivity index (χ2v) is 6.18. The van der Waals surface area contributed by atoms with E-state index in [1.807, 2.05) is 12.1 Å². The van der Waals surface area contributed by atoms with Crippen LogP contribution in [-0.2, 0) is 21.2 Å². The quantitative estimate of drug-likeness (QED) is 0.378. The molecule has 0 fully saturated rings. The van der Waals surface area contributed by atoms with Gasteiger partial charge in [0.15, 0.2) is 0 Å². The molecule has 0 aliphatic rings. The molecule has 0 aromatic heterocycles. The summed E-state index contributed by atoms with van der Waals surface area (Å²) in [6.07, 6.45) is 9.09. The minimum absolute atomic E-state index is 0.206. The molecule has 0 bridgehead atoms. The van der Waals surface area contributed by atoms with Gasteiger partial charge in [-0.05, 0) is 24.5 Å². The molecule has 1 aromatic carbocycles. The van der Waals surface area contributed by atoms with Gasteiger partial charge in [0.25, 0.3) is 0 Å². The lowest BCUT2D eigenvalue weighted by Gasteiger charge is -2.09. The molecule has 0 saturated carbocycles. The van der Waals surface area contributed by atoms with Crippen LogP contribution in [0.15, 0.2) is 24.3 Å². The third-order valence-electron chi connectivity index (χ3n) is 3.31. The summed E-state index contributed by atoms with van der Waals surface area (Å²) in [6, 6.07) is 6.87. The highest BCUT2D eigenvalue weighted by Gasteiger charge is 2.15. The van der Waals surface area contributed by atoms with Gasteiger partial charge in [-0.3, -0.25) is 0 Å². The topological polar surface area (TPSA) is 72.8 Å². The average molecular weight is 316 g/mol. The monoisotopic (exact) mass is 316 g/mol. The lowest BCUT2D eigenvalue weighted by molar-refractivity contribution is -0.138. The van der Waals surface area contributed by atoms with Gasteiger partial charge < -0.3 is 4.18 Å². The van der Waals surface area contributed by atoms with Crippen LogP contribution in [0.1, 0.15) is 57.4 Å². The van der Waals surface area contributed by atoms with Crippen molar-refractivity contribution in [1.29, 1.82) is 0 Å². The van der Waals surface area contributed by atoms with Crippen LogP contribution >= 0.6 is 0 Å². The largest absolute Gasteiger partial charge is 0.476 e. The van der Waals surface area contributed by atoms with Gasteiger partial charge >= 0.3 is 10.4 Å². The van der Waals surface area contributed by atoms with Crippen molar-refractivity contribution in [1.82, 2.24) is 0 Å². The summed E-state index contributed by atoms with van der Waals surface area (Å²) in [5, 5.41) is 8.25. The third kappa shape index (κ3) is 7.45. The highest BCUT2D eigenvalue weighted by molar-refractivity contribution is 7.82. The normalized spacial score (nSPS) is 11.5. The Bertz CT molecular complexity index is 499. The van der Waals surface area contributed by atoms with Gasteiger partial charge in [-0.1, -0.05) is 68.0 Å². The van der Waals surface area contributed by atoms with E-state index in [-0.39, 0.29) is 5.75 Å². The second kappa shape index (κ2) is 9.76. The Labute approximate surface area is 127 Å². The van der Waals surface area contributed by atoms with Crippen molar-refractivity contribution in [2.24, 2.45) is 0 Å². The zero-order valence-corrected chi connectivity index (χ0v) is 13.3. The lowest BCUT2D eigenvalue weighted by atomic mass is 10.0. The second-order valence-electron chi connectivity index (χ2n) is 5.05. The number of rotatable bonds is 11. The molecule has 21 heavy (non-hydrogen) atoms. The maximum Gasteiger partial charge on any atom is 0.476 e. The maximum atomic E-state index is 11.1. The van der Waals surface area contributed by atoms with Gasteiger partial charge in [0.2, 0.25) is 0 Å². The van der Waals surface area contributed by atoms with E-state index >= 15 is 0 Å². The first-order valence-corrected chi connectivity index (χ1v) is 8.77. The van der Waals surface area contributed by atoms with Gasteiger partial charge in [0, 0.05) is 0 Å². The Morgan fingerprint density at radius 1 is 1.00 bits per heavy atom. The van der Waals surface area contributed by atoms with Crippen LogP contribution < -0.4 is 4.18 Å². The Morgan fingerprint density at radius 3 is 2.29 bits per heavy atom. The Morgan fingerprint density at radius 2 is 1.62 bits per heavy atom. The van der Waals surface area contributed by atoms with Crippen LogP contribution in [0.5, 0.6) is 5.75 Å². The molecule has 1 N–H and O–H groups in total. The van der Waals surface area contributed by atoms with Gasteiger partial charge in [-0.2, -0.15) is 8.42 Å². The van der Waals surface area contributed by atoms with E-state index in [1.54, 1.807) is 12.1 Å². The minimum atomic E-state index is -4.39. The SMILES string of the molecule is CCCCCCCCCc1ccccc1OS(=O)(=O)OO. The molecule has 0 amide bonds. The first kappa shape index (κ1) is 17.9. The number of para-hydroxylation sites is 1. The van der Waals surface area contributed by atoms with Crippen molar-refractivity contribution in [3.05, 3.63) is 29.8 Å². The van der Waals surface area contributed by atoms with E-state index < -0.39 is 10.4 Å². The van der Waals surface area contributed by atoms with Crippen LogP contribution in [0.3, 0.4) is 0 Å². The molecular formula is C15H24O5S. The molecular weight excluding hydrogens is 292 g/mol. The fraction of sp³-hybridized carbons (Fsp3) is 0.600. The number of aryl methyl sites for hydroxylation is 1. The van der Waals surface area contributed by atoms with E-state index in [4.69, 9.17) is 9.44 Å². The Balaban J connectivity index is 2.41. The average Bonchev–Trinajstić information content (AvgIpc) is 2.47. The maximum absolute atomic E-state index is 11.1. The predicted molar refractivity (Wildman–Crippen MR) is 81.4 cm³/mol. The Hall–Kier alpha value is -1.11. The van der Waals surface area contributed by atoms with Gasteiger partial charge in [0.05, 0.1) is 0 Å². The van der Waals surface area contributed by atoms with Crippen LogP contribution in [0.4, 0.5) is 0 Å². The highest BCUT2D eigenvalue weighted by atomic mass is 32.3. The first-order chi connectivity index (χ1) is 10.1. The zero-order valence-electron chi connectivity index (χ0n) is 12.5. The molecule has 0 aliphatic carbocycles. The standard InChI is InChI=1S/C15H24O5S/c1-2-3-4-5-6-7-8-11-14-12-9-10-13-15(14)19-21(17,18)20-16/h9-10,12-13,16H,2-8,11H2,1H3. The fourth-order valence-electron chi connectivity index (χ4n) is 2.19. The van der Waals surface area contributed by atoms with Crippen LogP contribution in [-0.4, -0.2) is 13.7 Å². The van der Waals surface area contributed by atoms with Gasteiger partial charge in [-0.15, -0.1) is 0 Å². The molecule has 5 nitrogen and oxygen atoms in total. The molecule has 1 aromatic rings. The summed E-state index contributed by atoms with van der Waals surface area (Å²) < 4.78 is 30.2. The molecule has 6 heteroatoms. The van der Waals surface area contributed by atoms with Crippen molar-refractivity contribution in [3.8, 4) is 5.75 Å². The molecule has 0 unspecified atom stereocenters. The molecule has 1 rings (SSSR count). The number of benzene rings is 1. The lowest BCUT2D eigenvalue weighted by Crippen LogP contribution is -2.12. The molecule has 0 spiro atoms. The highest BCUT2D eigenvalue weighted by Crippen LogP contribution is 2.22. The van der Waals surface area contributed by atoms with Crippen molar-refractivity contribution in [3.63, 3.8) is 0 Å². The van der Waals surface area contributed by atoms with E-state index in [0.29, 0.717) is 0 Å². The van der Waals surface area contributed by atoms with Crippen LogP contribution in [0, 0.1) is 0 Å². The minimum Gasteiger partial charge on any atom is -0.360 e. The predicted octanol–water partition coefficient (Wildman–Crippen LogP) is 4.09. The fourth-order valence-corrected chi connectivity index (χ4v) is 2.60. The number of hydrogen-bond acceptors (Lipinski definition) is 5. The van der Waals surface area contributed by atoms with Crippen LogP contribution in [0.25, 0.3) is 0 Å². The summed E-state index contributed by atoms with van der Waals surface area (Å²) in [5.41, 5.74) is 0.798. The van der Waals surface area contributed by atoms with Crippen LogP contribution in [0.2, 0.25) is 0 Å². The van der Waals surface area contributed by atoms with E-state index in [2.05, 4.69) is 11.3 Å². The van der Waals surface area contributed by atoms with Crippen molar-refractivity contribution < 1.29 is 22.2 Å². The summed E-state index contributed by atoms with van der Waals surface area (Å²) in [7, 11) is -4.39.